The maximum absolute atomic E-state index is 12.9. The fourth-order valence-corrected chi connectivity index (χ4v) is 3.65. The minimum Gasteiger partial charge on any atom is -0.351 e. The minimum absolute atomic E-state index is 0.0850. The zero-order chi connectivity index (χ0) is 19.3. The van der Waals surface area contributed by atoms with Gasteiger partial charge in [0.1, 0.15) is 0 Å². The molecule has 0 bridgehead atoms. The Bertz CT molecular complexity index is 879. The number of carbonyl (C=O) groups excluding carboxylic acids is 1. The van der Waals surface area contributed by atoms with E-state index in [0.717, 1.165) is 5.56 Å². The third kappa shape index (κ3) is 4.83. The molecular formula is C19H25N3O3S. The topological polar surface area (TPSA) is 69.7 Å². The molecule has 0 aliphatic carbocycles. The van der Waals surface area contributed by atoms with E-state index >= 15 is 0 Å². The van der Waals surface area contributed by atoms with Crippen LogP contribution in [0.5, 0.6) is 0 Å². The van der Waals surface area contributed by atoms with E-state index < -0.39 is 10.0 Å². The van der Waals surface area contributed by atoms with E-state index in [4.69, 9.17) is 0 Å². The van der Waals surface area contributed by atoms with Crippen molar-refractivity contribution in [2.45, 2.75) is 11.8 Å². The molecule has 0 atom stereocenters. The molecule has 0 heterocycles. The van der Waals surface area contributed by atoms with Gasteiger partial charge in [-0.3, -0.25) is 9.10 Å². The standard InChI is InChI=1S/C19H25N3O3S/c1-15-7-5-9-17(13-15)22(4)26(24,25)18-10-6-8-16(14-18)19(23)20-11-12-21(2)3/h5-10,13-14H,11-12H2,1-4H3,(H,20,23). The zero-order valence-electron chi connectivity index (χ0n) is 15.6. The van der Waals surface area contributed by atoms with Crippen LogP contribution in [0, 0.1) is 6.92 Å². The van der Waals surface area contributed by atoms with Crippen molar-refractivity contribution in [1.82, 2.24) is 10.2 Å². The van der Waals surface area contributed by atoms with Crippen molar-refractivity contribution in [2.24, 2.45) is 0 Å². The Labute approximate surface area is 155 Å². The van der Waals surface area contributed by atoms with Crippen molar-refractivity contribution in [1.29, 1.82) is 0 Å². The Morgan fingerprint density at radius 2 is 1.73 bits per heavy atom. The monoisotopic (exact) mass is 375 g/mol. The van der Waals surface area contributed by atoms with Crippen LogP contribution in [0.15, 0.2) is 53.4 Å². The summed E-state index contributed by atoms with van der Waals surface area (Å²) in [7, 11) is 1.59. The van der Waals surface area contributed by atoms with E-state index in [1.807, 2.05) is 38.1 Å². The van der Waals surface area contributed by atoms with E-state index in [2.05, 4.69) is 5.32 Å². The van der Waals surface area contributed by atoms with E-state index in [9.17, 15) is 13.2 Å². The second kappa shape index (κ2) is 8.33. The van der Waals surface area contributed by atoms with Crippen LogP contribution in [0.25, 0.3) is 0 Å². The highest BCUT2D eigenvalue weighted by Gasteiger charge is 2.22. The molecular weight excluding hydrogens is 350 g/mol. The molecule has 0 aromatic heterocycles. The van der Waals surface area contributed by atoms with E-state index in [0.29, 0.717) is 24.3 Å². The van der Waals surface area contributed by atoms with Gasteiger partial charge >= 0.3 is 0 Å². The van der Waals surface area contributed by atoms with Crippen LogP contribution < -0.4 is 9.62 Å². The van der Waals surface area contributed by atoms with Crippen LogP contribution in [0.2, 0.25) is 0 Å². The molecule has 0 fully saturated rings. The summed E-state index contributed by atoms with van der Waals surface area (Å²) in [4.78, 5) is 14.3. The molecule has 7 heteroatoms. The SMILES string of the molecule is Cc1cccc(N(C)S(=O)(=O)c2cccc(C(=O)NCCN(C)C)c2)c1. The first-order valence-electron chi connectivity index (χ1n) is 8.30. The second-order valence-corrected chi connectivity index (χ2v) is 8.37. The Morgan fingerprint density at radius 3 is 2.38 bits per heavy atom. The molecule has 0 aliphatic rings. The van der Waals surface area contributed by atoms with Gasteiger partial charge < -0.3 is 10.2 Å². The highest BCUT2D eigenvalue weighted by molar-refractivity contribution is 7.92. The lowest BCUT2D eigenvalue weighted by molar-refractivity contribution is 0.0951. The Morgan fingerprint density at radius 1 is 1.04 bits per heavy atom. The van der Waals surface area contributed by atoms with Crippen LogP contribution in [0.3, 0.4) is 0 Å². The molecule has 0 saturated heterocycles. The van der Waals surface area contributed by atoms with Crippen LogP contribution in [-0.4, -0.2) is 53.5 Å². The summed E-state index contributed by atoms with van der Waals surface area (Å²) in [5.74, 6) is -0.290. The number of aryl methyl sites for hydroxylation is 1. The fourth-order valence-electron chi connectivity index (χ4n) is 2.41. The first-order chi connectivity index (χ1) is 12.2. The van der Waals surface area contributed by atoms with Gasteiger partial charge in [-0.1, -0.05) is 18.2 Å². The summed E-state index contributed by atoms with van der Waals surface area (Å²) >= 11 is 0. The summed E-state index contributed by atoms with van der Waals surface area (Å²) < 4.78 is 27.0. The first kappa shape index (κ1) is 19.9. The molecule has 1 N–H and O–H groups in total. The van der Waals surface area contributed by atoms with Gasteiger partial charge in [-0.15, -0.1) is 0 Å². The highest BCUT2D eigenvalue weighted by atomic mass is 32.2. The first-order valence-corrected chi connectivity index (χ1v) is 9.74. The molecule has 0 saturated carbocycles. The molecule has 0 unspecified atom stereocenters. The summed E-state index contributed by atoms with van der Waals surface area (Å²) in [6, 6.07) is 13.4. The Hall–Kier alpha value is -2.38. The quantitative estimate of drug-likeness (QED) is 0.805. The fraction of sp³-hybridized carbons (Fsp3) is 0.316. The van der Waals surface area contributed by atoms with Crippen LogP contribution in [-0.2, 0) is 10.0 Å². The van der Waals surface area contributed by atoms with Gasteiger partial charge in [0.15, 0.2) is 0 Å². The molecule has 2 aromatic carbocycles. The maximum atomic E-state index is 12.9. The second-order valence-electron chi connectivity index (χ2n) is 6.40. The van der Waals surface area contributed by atoms with E-state index in [1.54, 1.807) is 24.3 Å². The van der Waals surface area contributed by atoms with Crippen LogP contribution in [0.1, 0.15) is 15.9 Å². The number of likely N-dealkylation sites (N-methyl/N-ethyl adjacent to an activating group) is 1. The highest BCUT2D eigenvalue weighted by Crippen LogP contribution is 2.23. The number of benzene rings is 2. The summed E-state index contributed by atoms with van der Waals surface area (Å²) in [5, 5.41) is 2.79. The number of rotatable bonds is 7. The smallest absolute Gasteiger partial charge is 0.264 e. The molecule has 2 rings (SSSR count). The van der Waals surface area contributed by atoms with E-state index in [-0.39, 0.29) is 10.8 Å². The number of carbonyl (C=O) groups is 1. The number of hydrogen-bond donors (Lipinski definition) is 1. The van der Waals surface area contributed by atoms with Gasteiger partial charge in [0.2, 0.25) is 0 Å². The molecule has 26 heavy (non-hydrogen) atoms. The lowest BCUT2D eigenvalue weighted by atomic mass is 10.2. The van der Waals surface area contributed by atoms with Crippen molar-refractivity contribution in [2.75, 3.05) is 38.5 Å². The average Bonchev–Trinajstić information content (AvgIpc) is 2.60. The Kier molecular flexibility index (Phi) is 6.39. The molecule has 6 nitrogen and oxygen atoms in total. The third-order valence-corrected chi connectivity index (χ3v) is 5.75. The molecule has 0 aliphatic heterocycles. The van der Waals surface area contributed by atoms with Gasteiger partial charge in [0.05, 0.1) is 10.6 Å². The number of hydrogen-bond acceptors (Lipinski definition) is 4. The predicted molar refractivity (Wildman–Crippen MR) is 104 cm³/mol. The summed E-state index contributed by atoms with van der Waals surface area (Å²) in [5.41, 5.74) is 1.87. The molecule has 2 aromatic rings. The van der Waals surface area contributed by atoms with Gasteiger partial charge in [-0.05, 0) is 56.9 Å². The average molecular weight is 375 g/mol. The summed E-state index contributed by atoms with van der Waals surface area (Å²) in [6.45, 7) is 3.11. The lowest BCUT2D eigenvalue weighted by Gasteiger charge is -2.20. The van der Waals surface area contributed by atoms with E-state index in [1.165, 1.54) is 23.5 Å². The summed E-state index contributed by atoms with van der Waals surface area (Å²) in [6.07, 6.45) is 0. The van der Waals surface area contributed by atoms with Crippen LogP contribution in [0.4, 0.5) is 5.69 Å². The van der Waals surface area contributed by atoms with Crippen molar-refractivity contribution >= 4 is 21.6 Å². The molecule has 1 amide bonds. The van der Waals surface area contributed by atoms with Crippen LogP contribution >= 0.6 is 0 Å². The van der Waals surface area contributed by atoms with Gasteiger partial charge in [-0.25, -0.2) is 8.42 Å². The molecule has 0 spiro atoms. The Balaban J connectivity index is 2.23. The predicted octanol–water partition coefficient (Wildman–Crippen LogP) is 2.11. The number of anilines is 1. The number of nitrogens with one attached hydrogen (secondary N) is 1. The van der Waals surface area contributed by atoms with Crippen molar-refractivity contribution in [3.05, 3.63) is 59.7 Å². The van der Waals surface area contributed by atoms with Crippen molar-refractivity contribution in [3.63, 3.8) is 0 Å². The number of nitrogens with zero attached hydrogens (tertiary/aromatic N) is 2. The van der Waals surface area contributed by atoms with Gasteiger partial charge in [-0.2, -0.15) is 0 Å². The normalized spacial score (nSPS) is 11.4. The van der Waals surface area contributed by atoms with Crippen molar-refractivity contribution in [3.8, 4) is 0 Å². The van der Waals surface area contributed by atoms with Gasteiger partial charge in [0, 0.05) is 25.7 Å². The molecule has 140 valence electrons. The zero-order valence-corrected chi connectivity index (χ0v) is 16.4. The molecule has 0 radical (unpaired) electrons. The lowest BCUT2D eigenvalue weighted by Crippen LogP contribution is -2.31. The maximum Gasteiger partial charge on any atom is 0.264 e. The van der Waals surface area contributed by atoms with Crippen molar-refractivity contribution < 1.29 is 13.2 Å². The minimum atomic E-state index is -3.75. The number of sulfonamides is 1. The number of amides is 1. The van der Waals surface area contributed by atoms with Gasteiger partial charge in [0.25, 0.3) is 15.9 Å². The third-order valence-electron chi connectivity index (χ3n) is 3.96. The largest absolute Gasteiger partial charge is 0.351 e.